The molecule has 0 aromatic heterocycles. The number of carboxylic acids is 1. The van der Waals surface area contributed by atoms with Crippen LogP contribution < -0.4 is 14.8 Å². The largest absolute Gasteiger partial charge is 0.486 e. The van der Waals surface area contributed by atoms with Crippen LogP contribution in [-0.2, 0) is 4.79 Å². The predicted octanol–water partition coefficient (Wildman–Crippen LogP) is 0.554. The number of ether oxygens (including phenoxy) is 2. The first kappa shape index (κ1) is 13.6. The normalized spacial score (nSPS) is 16.7. The van der Waals surface area contributed by atoms with Crippen molar-refractivity contribution in [3.05, 3.63) is 23.8 Å². The molecule has 2 atom stereocenters. The van der Waals surface area contributed by atoms with E-state index < -0.39 is 18.1 Å². The Bertz CT molecular complexity index is 462. The van der Waals surface area contributed by atoms with Crippen molar-refractivity contribution in [3.63, 3.8) is 0 Å². The molecule has 0 saturated carbocycles. The van der Waals surface area contributed by atoms with E-state index in [1.165, 1.54) is 6.92 Å². The number of aliphatic hydroxyl groups is 1. The Morgan fingerprint density at radius 3 is 2.74 bits per heavy atom. The molecule has 0 amide bonds. The fraction of sp³-hybridized carbons (Fsp3) is 0.462. The van der Waals surface area contributed by atoms with E-state index in [9.17, 15) is 9.90 Å². The van der Waals surface area contributed by atoms with E-state index >= 15 is 0 Å². The summed E-state index contributed by atoms with van der Waals surface area (Å²) in [6.45, 7) is 2.69. The minimum atomic E-state index is -0.950. The molecular weight excluding hydrogens is 250 g/mol. The molecule has 0 aliphatic carbocycles. The van der Waals surface area contributed by atoms with E-state index in [1.54, 1.807) is 18.2 Å². The molecule has 1 aromatic rings. The maximum atomic E-state index is 10.7. The van der Waals surface area contributed by atoms with E-state index in [0.29, 0.717) is 30.3 Å². The summed E-state index contributed by atoms with van der Waals surface area (Å²) in [5.74, 6) is 0.317. The molecule has 0 saturated heterocycles. The van der Waals surface area contributed by atoms with Gasteiger partial charge in [0.05, 0.1) is 6.10 Å². The number of hydrogen-bond acceptors (Lipinski definition) is 5. The molecule has 6 nitrogen and oxygen atoms in total. The third kappa shape index (κ3) is 3.36. The standard InChI is InChI=1S/C13H17NO5/c1-8(13(16)17)14-7-10(15)9-2-3-11-12(6-9)19-5-4-18-11/h2-3,6,8,10,14-15H,4-5,7H2,1H3,(H,16,17). The molecule has 1 aliphatic rings. The summed E-state index contributed by atoms with van der Waals surface area (Å²) in [4.78, 5) is 10.7. The highest BCUT2D eigenvalue weighted by atomic mass is 16.6. The number of hydrogen-bond donors (Lipinski definition) is 3. The zero-order valence-corrected chi connectivity index (χ0v) is 10.6. The third-order valence-corrected chi connectivity index (χ3v) is 2.94. The van der Waals surface area contributed by atoms with Crippen LogP contribution in [0.4, 0.5) is 0 Å². The SMILES string of the molecule is CC(NCC(O)c1ccc2c(c1)OCCO2)C(=O)O. The molecular formula is C13H17NO5. The highest BCUT2D eigenvalue weighted by Gasteiger charge is 2.17. The highest BCUT2D eigenvalue weighted by molar-refractivity contribution is 5.72. The first-order valence-electron chi connectivity index (χ1n) is 6.11. The zero-order valence-electron chi connectivity index (χ0n) is 10.6. The van der Waals surface area contributed by atoms with E-state index in [0.717, 1.165) is 0 Å². The van der Waals surface area contributed by atoms with Gasteiger partial charge in [-0.15, -0.1) is 0 Å². The fourth-order valence-electron chi connectivity index (χ4n) is 1.76. The van der Waals surface area contributed by atoms with Crippen molar-refractivity contribution >= 4 is 5.97 Å². The van der Waals surface area contributed by atoms with Gasteiger partial charge in [-0.2, -0.15) is 0 Å². The van der Waals surface area contributed by atoms with Gasteiger partial charge in [0.15, 0.2) is 11.5 Å². The second-order valence-corrected chi connectivity index (χ2v) is 4.39. The van der Waals surface area contributed by atoms with Gasteiger partial charge < -0.3 is 25.0 Å². The van der Waals surface area contributed by atoms with Crippen LogP contribution in [0.25, 0.3) is 0 Å². The summed E-state index contributed by atoms with van der Waals surface area (Å²) >= 11 is 0. The maximum absolute atomic E-state index is 10.7. The Balaban J connectivity index is 1.99. The van der Waals surface area contributed by atoms with Crippen LogP contribution >= 0.6 is 0 Å². The number of nitrogens with one attached hydrogen (secondary N) is 1. The molecule has 0 spiro atoms. The van der Waals surface area contributed by atoms with Gasteiger partial charge in [-0.3, -0.25) is 4.79 Å². The Kier molecular flexibility index (Phi) is 4.24. The van der Waals surface area contributed by atoms with Crippen LogP contribution in [-0.4, -0.2) is 42.0 Å². The first-order valence-corrected chi connectivity index (χ1v) is 6.11. The van der Waals surface area contributed by atoms with Crippen LogP contribution in [0, 0.1) is 0 Å². The smallest absolute Gasteiger partial charge is 0.320 e. The van der Waals surface area contributed by atoms with Crippen molar-refractivity contribution < 1.29 is 24.5 Å². The van der Waals surface area contributed by atoms with Gasteiger partial charge in [0.1, 0.15) is 19.3 Å². The summed E-state index contributed by atoms with van der Waals surface area (Å²) in [5, 5.41) is 21.5. The third-order valence-electron chi connectivity index (χ3n) is 2.94. The Labute approximate surface area is 111 Å². The van der Waals surface area contributed by atoms with Gasteiger partial charge >= 0.3 is 5.97 Å². The number of rotatable bonds is 5. The van der Waals surface area contributed by atoms with Crippen LogP contribution in [0.5, 0.6) is 11.5 Å². The fourth-order valence-corrected chi connectivity index (χ4v) is 1.76. The average molecular weight is 267 g/mol. The number of carboxylic acid groups (broad SMARTS) is 1. The summed E-state index contributed by atoms with van der Waals surface area (Å²) in [7, 11) is 0. The number of carbonyl (C=O) groups is 1. The molecule has 3 N–H and O–H groups in total. The van der Waals surface area contributed by atoms with Gasteiger partial charge in [-0.25, -0.2) is 0 Å². The molecule has 104 valence electrons. The number of aliphatic hydroxyl groups excluding tert-OH is 1. The lowest BCUT2D eigenvalue weighted by Gasteiger charge is -2.20. The van der Waals surface area contributed by atoms with Crippen LogP contribution in [0.15, 0.2) is 18.2 Å². The van der Waals surface area contributed by atoms with Crippen molar-refractivity contribution in [2.75, 3.05) is 19.8 Å². The van der Waals surface area contributed by atoms with Crippen molar-refractivity contribution in [2.24, 2.45) is 0 Å². The molecule has 0 fully saturated rings. The topological polar surface area (TPSA) is 88.0 Å². The molecule has 1 aliphatic heterocycles. The van der Waals surface area contributed by atoms with E-state index in [-0.39, 0.29) is 6.54 Å². The second kappa shape index (κ2) is 5.90. The van der Waals surface area contributed by atoms with Crippen LogP contribution in [0.2, 0.25) is 0 Å². The number of fused-ring (bicyclic) bond motifs is 1. The molecule has 1 aromatic carbocycles. The lowest BCUT2D eigenvalue weighted by Crippen LogP contribution is -2.36. The molecule has 2 rings (SSSR count). The molecule has 6 heteroatoms. The van der Waals surface area contributed by atoms with E-state index in [2.05, 4.69) is 5.32 Å². The molecule has 0 bridgehead atoms. The molecule has 1 heterocycles. The first-order chi connectivity index (χ1) is 9.08. The minimum Gasteiger partial charge on any atom is -0.486 e. The zero-order chi connectivity index (χ0) is 13.8. The minimum absolute atomic E-state index is 0.160. The van der Waals surface area contributed by atoms with Gasteiger partial charge in [-0.1, -0.05) is 6.07 Å². The highest BCUT2D eigenvalue weighted by Crippen LogP contribution is 2.32. The Hall–Kier alpha value is -1.79. The number of benzene rings is 1. The molecule has 19 heavy (non-hydrogen) atoms. The lowest BCUT2D eigenvalue weighted by molar-refractivity contribution is -0.139. The van der Waals surface area contributed by atoms with E-state index in [4.69, 9.17) is 14.6 Å². The second-order valence-electron chi connectivity index (χ2n) is 4.39. The molecule has 2 unspecified atom stereocenters. The van der Waals surface area contributed by atoms with Crippen LogP contribution in [0.1, 0.15) is 18.6 Å². The van der Waals surface area contributed by atoms with Gasteiger partial charge in [0.2, 0.25) is 0 Å². The summed E-state index contributed by atoms with van der Waals surface area (Å²) in [6, 6.07) is 4.50. The monoisotopic (exact) mass is 267 g/mol. The quantitative estimate of drug-likeness (QED) is 0.722. The average Bonchev–Trinajstić information content (AvgIpc) is 2.43. The Morgan fingerprint density at radius 2 is 2.05 bits per heavy atom. The molecule has 0 radical (unpaired) electrons. The Morgan fingerprint density at radius 1 is 1.37 bits per heavy atom. The summed E-state index contributed by atoms with van der Waals surface area (Å²) in [6.07, 6.45) is -0.794. The van der Waals surface area contributed by atoms with Crippen molar-refractivity contribution in [2.45, 2.75) is 19.1 Å². The lowest BCUT2D eigenvalue weighted by atomic mass is 10.1. The van der Waals surface area contributed by atoms with Crippen molar-refractivity contribution in [1.82, 2.24) is 5.32 Å². The predicted molar refractivity (Wildman–Crippen MR) is 67.5 cm³/mol. The van der Waals surface area contributed by atoms with Gasteiger partial charge in [0.25, 0.3) is 0 Å². The summed E-state index contributed by atoms with van der Waals surface area (Å²) in [5.41, 5.74) is 0.661. The van der Waals surface area contributed by atoms with Crippen molar-refractivity contribution in [1.29, 1.82) is 0 Å². The number of aliphatic carboxylic acids is 1. The van der Waals surface area contributed by atoms with Gasteiger partial charge in [-0.05, 0) is 24.6 Å². The summed E-state index contributed by atoms with van der Waals surface area (Å²) < 4.78 is 10.8. The van der Waals surface area contributed by atoms with Crippen LogP contribution in [0.3, 0.4) is 0 Å². The maximum Gasteiger partial charge on any atom is 0.320 e. The van der Waals surface area contributed by atoms with E-state index in [1.807, 2.05) is 0 Å². The van der Waals surface area contributed by atoms with Gasteiger partial charge in [0, 0.05) is 6.54 Å². The van der Waals surface area contributed by atoms with Crippen molar-refractivity contribution in [3.8, 4) is 11.5 Å².